The molecule has 0 fully saturated rings. The van der Waals surface area contributed by atoms with Gasteiger partial charge in [0.25, 0.3) is 5.91 Å². The zero-order valence-electron chi connectivity index (χ0n) is 14.9. The number of amides is 1. The van der Waals surface area contributed by atoms with E-state index in [4.69, 9.17) is 11.6 Å². The maximum Gasteiger partial charge on any atom is 0.274 e. The van der Waals surface area contributed by atoms with Crippen molar-refractivity contribution in [3.8, 4) is 0 Å². The van der Waals surface area contributed by atoms with Crippen LogP contribution in [0.4, 0.5) is 17.1 Å². The van der Waals surface area contributed by atoms with Gasteiger partial charge in [0.1, 0.15) is 5.69 Å². The van der Waals surface area contributed by atoms with Gasteiger partial charge in [-0.15, -0.1) is 0 Å². The van der Waals surface area contributed by atoms with Gasteiger partial charge in [0.05, 0.1) is 0 Å². The van der Waals surface area contributed by atoms with Gasteiger partial charge in [-0.3, -0.25) is 14.6 Å². The molecule has 1 aromatic heterocycles. The molecular weight excluding hydrogens is 362 g/mol. The van der Waals surface area contributed by atoms with Crippen molar-refractivity contribution in [3.63, 3.8) is 0 Å². The first-order valence-electron chi connectivity index (χ1n) is 8.34. The lowest BCUT2D eigenvalue weighted by atomic mass is 10.1. The maximum absolute atomic E-state index is 12.5. The molecule has 0 bridgehead atoms. The molecule has 1 heterocycles. The Morgan fingerprint density at radius 2 is 1.78 bits per heavy atom. The number of hydrogen-bond acceptors (Lipinski definition) is 4. The Morgan fingerprint density at radius 3 is 2.56 bits per heavy atom. The lowest BCUT2D eigenvalue weighted by Crippen LogP contribution is -2.14. The average Bonchev–Trinajstić information content (AvgIpc) is 2.65. The molecule has 0 aliphatic rings. The van der Waals surface area contributed by atoms with E-state index < -0.39 is 0 Å². The lowest BCUT2D eigenvalue weighted by molar-refractivity contribution is 0.101. The number of ketones is 1. The van der Waals surface area contributed by atoms with Crippen LogP contribution >= 0.6 is 11.6 Å². The summed E-state index contributed by atoms with van der Waals surface area (Å²) in [5, 5.41) is 6.56. The molecule has 6 heteroatoms. The van der Waals surface area contributed by atoms with Gasteiger partial charge in [-0.25, -0.2) is 0 Å². The number of hydrogen-bond donors (Lipinski definition) is 2. The largest absolute Gasteiger partial charge is 0.355 e. The lowest BCUT2D eigenvalue weighted by Gasteiger charge is -2.11. The van der Waals surface area contributed by atoms with Crippen molar-refractivity contribution < 1.29 is 9.59 Å². The normalized spacial score (nSPS) is 10.3. The van der Waals surface area contributed by atoms with E-state index in [1.54, 1.807) is 48.7 Å². The number of carbonyl (C=O) groups is 2. The first-order chi connectivity index (χ1) is 12.9. The van der Waals surface area contributed by atoms with Gasteiger partial charge in [0, 0.05) is 33.8 Å². The molecule has 0 spiro atoms. The molecule has 0 aliphatic carbocycles. The summed E-state index contributed by atoms with van der Waals surface area (Å²) in [4.78, 5) is 28.2. The van der Waals surface area contributed by atoms with E-state index >= 15 is 0 Å². The molecule has 3 rings (SSSR count). The number of halogens is 1. The zero-order valence-corrected chi connectivity index (χ0v) is 15.7. The van der Waals surface area contributed by atoms with E-state index in [1.807, 2.05) is 19.1 Å². The molecule has 136 valence electrons. The molecule has 0 atom stereocenters. The summed E-state index contributed by atoms with van der Waals surface area (Å²) in [6.45, 7) is 3.41. The number of benzene rings is 2. The second kappa shape index (κ2) is 8.01. The van der Waals surface area contributed by atoms with Crippen LogP contribution in [0, 0.1) is 6.92 Å². The third-order valence-corrected chi connectivity index (χ3v) is 4.23. The van der Waals surface area contributed by atoms with Gasteiger partial charge in [0.2, 0.25) is 0 Å². The molecule has 2 N–H and O–H groups in total. The Morgan fingerprint density at radius 1 is 1.00 bits per heavy atom. The summed E-state index contributed by atoms with van der Waals surface area (Å²) < 4.78 is 0. The minimum absolute atomic E-state index is 0.00895. The minimum Gasteiger partial charge on any atom is -0.355 e. The van der Waals surface area contributed by atoms with Gasteiger partial charge in [-0.2, -0.15) is 0 Å². The number of nitrogens with zero attached hydrogens (tertiary/aromatic N) is 1. The summed E-state index contributed by atoms with van der Waals surface area (Å²) >= 11 is 6.00. The summed E-state index contributed by atoms with van der Waals surface area (Å²) in [6.07, 6.45) is 1.55. The molecular formula is C21H18ClN3O2. The number of aryl methyl sites for hydroxylation is 1. The maximum atomic E-state index is 12.5. The minimum atomic E-state index is -0.332. The Balaban J connectivity index is 1.79. The fraction of sp³-hybridized carbons (Fsp3) is 0.0952. The van der Waals surface area contributed by atoms with Crippen LogP contribution in [-0.4, -0.2) is 16.7 Å². The Labute approximate surface area is 162 Å². The van der Waals surface area contributed by atoms with Gasteiger partial charge in [-0.1, -0.05) is 29.8 Å². The Hall–Kier alpha value is -3.18. The van der Waals surface area contributed by atoms with Crippen molar-refractivity contribution in [2.45, 2.75) is 13.8 Å². The fourth-order valence-corrected chi connectivity index (χ4v) is 2.70. The van der Waals surface area contributed by atoms with Crippen LogP contribution in [0.3, 0.4) is 0 Å². The number of aromatic nitrogens is 1. The SMILES string of the molecule is CC(=O)c1cccc(Nc2ccnc(C(=O)Nc3cc(Cl)ccc3C)c2)c1. The molecule has 5 nitrogen and oxygen atoms in total. The molecule has 0 saturated heterocycles. The first kappa shape index (κ1) is 18.6. The van der Waals surface area contributed by atoms with Crippen LogP contribution in [0.1, 0.15) is 33.3 Å². The number of carbonyl (C=O) groups excluding carboxylic acids is 2. The number of Topliss-reactive ketones (excluding diaryl/α,β-unsaturated/α-hetero) is 1. The van der Waals surface area contributed by atoms with Crippen molar-refractivity contribution in [3.05, 3.63) is 82.6 Å². The van der Waals surface area contributed by atoms with Gasteiger partial charge < -0.3 is 10.6 Å². The first-order valence-corrected chi connectivity index (χ1v) is 8.72. The number of anilines is 3. The summed E-state index contributed by atoms with van der Waals surface area (Å²) in [7, 11) is 0. The summed E-state index contributed by atoms with van der Waals surface area (Å²) in [5.41, 5.74) is 3.88. The van der Waals surface area contributed by atoms with Crippen molar-refractivity contribution in [2.75, 3.05) is 10.6 Å². The molecule has 3 aromatic rings. The molecule has 1 amide bonds. The van der Waals surface area contributed by atoms with Gasteiger partial charge in [-0.05, 0) is 55.8 Å². The highest BCUT2D eigenvalue weighted by molar-refractivity contribution is 6.31. The van der Waals surface area contributed by atoms with Crippen molar-refractivity contribution in [1.82, 2.24) is 4.98 Å². The number of pyridine rings is 1. The number of rotatable bonds is 5. The predicted octanol–water partition coefficient (Wildman–Crippen LogP) is 5.24. The van der Waals surface area contributed by atoms with Crippen LogP contribution in [0.5, 0.6) is 0 Å². The van der Waals surface area contributed by atoms with Crippen LogP contribution in [0.15, 0.2) is 60.8 Å². The monoisotopic (exact) mass is 379 g/mol. The molecule has 0 radical (unpaired) electrons. The Bertz CT molecular complexity index is 1020. The van der Waals surface area contributed by atoms with Crippen LogP contribution in [0.2, 0.25) is 5.02 Å². The highest BCUT2D eigenvalue weighted by atomic mass is 35.5. The molecule has 2 aromatic carbocycles. The zero-order chi connectivity index (χ0) is 19.4. The third kappa shape index (κ3) is 4.71. The van der Waals surface area contributed by atoms with Crippen molar-refractivity contribution in [2.24, 2.45) is 0 Å². The van der Waals surface area contributed by atoms with Crippen molar-refractivity contribution >= 4 is 40.4 Å². The van der Waals surface area contributed by atoms with Crippen LogP contribution < -0.4 is 10.6 Å². The fourth-order valence-electron chi connectivity index (χ4n) is 2.53. The van der Waals surface area contributed by atoms with E-state index in [1.165, 1.54) is 6.92 Å². The van der Waals surface area contributed by atoms with Gasteiger partial charge in [0.15, 0.2) is 5.78 Å². The second-order valence-corrected chi connectivity index (χ2v) is 6.54. The van der Waals surface area contributed by atoms with Crippen molar-refractivity contribution in [1.29, 1.82) is 0 Å². The van der Waals surface area contributed by atoms with E-state index in [0.29, 0.717) is 22.0 Å². The third-order valence-electron chi connectivity index (χ3n) is 4.00. The van der Waals surface area contributed by atoms with E-state index in [2.05, 4.69) is 15.6 Å². The summed E-state index contributed by atoms with van der Waals surface area (Å²) in [6, 6.07) is 15.9. The second-order valence-electron chi connectivity index (χ2n) is 6.11. The number of nitrogens with one attached hydrogen (secondary N) is 2. The van der Waals surface area contributed by atoms with Crippen LogP contribution in [-0.2, 0) is 0 Å². The summed E-state index contributed by atoms with van der Waals surface area (Å²) in [5.74, 6) is -0.341. The molecule has 0 unspecified atom stereocenters. The van der Waals surface area contributed by atoms with E-state index in [9.17, 15) is 9.59 Å². The highest BCUT2D eigenvalue weighted by Gasteiger charge is 2.11. The highest BCUT2D eigenvalue weighted by Crippen LogP contribution is 2.22. The average molecular weight is 380 g/mol. The molecule has 27 heavy (non-hydrogen) atoms. The van der Waals surface area contributed by atoms with E-state index in [-0.39, 0.29) is 17.4 Å². The smallest absolute Gasteiger partial charge is 0.274 e. The Kier molecular flexibility index (Phi) is 5.52. The predicted molar refractivity (Wildman–Crippen MR) is 108 cm³/mol. The van der Waals surface area contributed by atoms with E-state index in [0.717, 1.165) is 11.3 Å². The topological polar surface area (TPSA) is 71.1 Å². The van der Waals surface area contributed by atoms with Gasteiger partial charge >= 0.3 is 0 Å². The standard InChI is InChI=1S/C21H18ClN3O2/c1-13-6-7-16(22)11-19(13)25-21(27)20-12-18(8-9-23-20)24-17-5-3-4-15(10-17)14(2)26/h3-12H,1-2H3,(H,23,24)(H,25,27). The van der Waals surface area contributed by atoms with Crippen LogP contribution in [0.25, 0.3) is 0 Å². The molecule has 0 saturated carbocycles. The quantitative estimate of drug-likeness (QED) is 0.594. The molecule has 0 aliphatic heterocycles.